The second-order valence-corrected chi connectivity index (χ2v) is 9.32. The molecule has 0 radical (unpaired) electrons. The Balaban J connectivity index is 1.52. The van der Waals surface area contributed by atoms with Gasteiger partial charge in [-0.1, -0.05) is 41.9 Å². The first-order valence-electron chi connectivity index (χ1n) is 12.3. The van der Waals surface area contributed by atoms with Gasteiger partial charge in [-0.3, -0.25) is 9.59 Å². The van der Waals surface area contributed by atoms with Crippen LogP contribution in [0.1, 0.15) is 30.4 Å². The number of carbonyl (C=O) groups is 1. The molecule has 1 aromatic heterocycles. The molecule has 1 amide bonds. The Morgan fingerprint density at radius 3 is 2.81 bits per heavy atom. The van der Waals surface area contributed by atoms with E-state index in [9.17, 15) is 9.59 Å². The highest BCUT2D eigenvalue weighted by Crippen LogP contribution is 2.23. The highest BCUT2D eigenvalue weighted by molar-refractivity contribution is 6.30. The van der Waals surface area contributed by atoms with Gasteiger partial charge in [0.1, 0.15) is 12.3 Å². The number of nitrogens with one attached hydrogen (secondary N) is 3. The Morgan fingerprint density at radius 1 is 1.08 bits per heavy atom. The van der Waals surface area contributed by atoms with Crippen molar-refractivity contribution in [2.24, 2.45) is 0 Å². The number of fused-ring (bicyclic) bond motifs is 3. The van der Waals surface area contributed by atoms with E-state index in [0.29, 0.717) is 23.9 Å². The lowest BCUT2D eigenvalue weighted by molar-refractivity contribution is -0.121. The maximum absolute atomic E-state index is 13.1. The molecule has 8 nitrogen and oxygen atoms in total. The quantitative estimate of drug-likeness (QED) is 0.490. The Morgan fingerprint density at radius 2 is 1.94 bits per heavy atom. The molecule has 1 atom stereocenters. The molecule has 2 bridgehead atoms. The Bertz CT molecular complexity index is 1200. The predicted molar refractivity (Wildman–Crippen MR) is 142 cm³/mol. The van der Waals surface area contributed by atoms with Gasteiger partial charge in [0.05, 0.1) is 6.61 Å². The van der Waals surface area contributed by atoms with Crippen molar-refractivity contribution in [3.05, 3.63) is 87.4 Å². The molecular weight excluding hydrogens is 478 g/mol. The van der Waals surface area contributed by atoms with Gasteiger partial charge in [-0.25, -0.2) is 4.98 Å². The number of rotatable bonds is 2. The smallest absolute Gasteiger partial charge is 0.293 e. The summed E-state index contributed by atoms with van der Waals surface area (Å²) in [7, 11) is 0. The summed E-state index contributed by atoms with van der Waals surface area (Å²) < 4.78 is 7.34. The second kappa shape index (κ2) is 13.1. The molecule has 0 fully saturated rings. The normalized spacial score (nSPS) is 17.8. The molecule has 0 spiro atoms. The van der Waals surface area contributed by atoms with Gasteiger partial charge < -0.3 is 25.3 Å². The number of hydrogen-bond acceptors (Lipinski definition) is 6. The van der Waals surface area contributed by atoms with Crippen molar-refractivity contribution in [1.82, 2.24) is 20.2 Å². The van der Waals surface area contributed by atoms with Crippen molar-refractivity contribution in [3.63, 3.8) is 0 Å². The lowest BCUT2D eigenvalue weighted by Gasteiger charge is -2.20. The average Bonchev–Trinajstić information content (AvgIpc) is 2.87. The number of carbonyl (C=O) groups excluding carboxylic acids is 1. The predicted octanol–water partition coefficient (Wildman–Crippen LogP) is 3.39. The van der Waals surface area contributed by atoms with Crippen LogP contribution >= 0.6 is 11.6 Å². The highest BCUT2D eigenvalue weighted by Gasteiger charge is 2.15. The van der Waals surface area contributed by atoms with Crippen LogP contribution in [0.2, 0.25) is 5.02 Å². The third-order valence-electron chi connectivity index (χ3n) is 6.04. The molecule has 9 heteroatoms. The molecule has 1 aliphatic heterocycles. The van der Waals surface area contributed by atoms with Crippen LogP contribution in [-0.4, -0.2) is 41.2 Å². The summed E-state index contributed by atoms with van der Waals surface area (Å²) in [5.41, 5.74) is 1.63. The number of hydrogen-bond donors (Lipinski definition) is 3. The number of aromatic nitrogens is 2. The minimum Gasteiger partial charge on any atom is -0.493 e. The van der Waals surface area contributed by atoms with Gasteiger partial charge >= 0.3 is 0 Å². The van der Waals surface area contributed by atoms with Crippen molar-refractivity contribution in [2.45, 2.75) is 44.8 Å². The minimum absolute atomic E-state index is 0.0399. The van der Waals surface area contributed by atoms with E-state index in [1.54, 1.807) is 12.1 Å². The molecule has 4 rings (SSSR count). The van der Waals surface area contributed by atoms with Crippen LogP contribution < -0.4 is 26.2 Å². The van der Waals surface area contributed by atoms with Gasteiger partial charge in [-0.05, 0) is 56.0 Å². The number of anilines is 1. The maximum atomic E-state index is 13.1. The van der Waals surface area contributed by atoms with E-state index in [0.717, 1.165) is 37.8 Å². The maximum Gasteiger partial charge on any atom is 0.293 e. The SMILES string of the molecule is O=C1Cn2ccnc(c2=O)N[C@@H](Cc2ccccc2)CNCCCCCOc2ccc(Cl)cc2CN1. The number of halogens is 1. The molecule has 190 valence electrons. The summed E-state index contributed by atoms with van der Waals surface area (Å²) in [5.74, 6) is 0.643. The number of benzene rings is 2. The standard InChI is InChI=1S/C27H32ClN5O3/c28-22-9-10-24-21(16-22)17-31-25(34)19-33-13-12-30-26(27(33)35)32-23(15-20-7-3-1-4-8-20)18-29-11-5-2-6-14-36-24/h1,3-4,7-10,12-13,16,23,29H,2,5-6,11,14-15,17-19H2,(H,30,32)(H,31,34)/t23-/m0/s1. The van der Waals surface area contributed by atoms with E-state index in [1.807, 2.05) is 24.3 Å². The van der Waals surface area contributed by atoms with E-state index >= 15 is 0 Å². The fourth-order valence-electron chi connectivity index (χ4n) is 4.16. The van der Waals surface area contributed by atoms with Gasteiger partial charge in [-0.2, -0.15) is 0 Å². The molecule has 3 aromatic rings. The Hall–Kier alpha value is -3.36. The molecular formula is C27H32ClN5O3. The number of nitrogens with zero attached hydrogens (tertiary/aromatic N) is 2. The van der Waals surface area contributed by atoms with E-state index in [-0.39, 0.29) is 36.4 Å². The molecule has 0 unspecified atom stereocenters. The summed E-state index contributed by atoms with van der Waals surface area (Å²) in [5, 5.41) is 10.3. The van der Waals surface area contributed by atoms with Gasteiger partial charge in [0, 0.05) is 42.1 Å². The van der Waals surface area contributed by atoms with Gasteiger partial charge in [0.2, 0.25) is 5.91 Å². The molecule has 0 aliphatic carbocycles. The zero-order valence-electron chi connectivity index (χ0n) is 20.2. The molecule has 0 saturated carbocycles. The molecule has 2 heterocycles. The highest BCUT2D eigenvalue weighted by atomic mass is 35.5. The van der Waals surface area contributed by atoms with Crippen LogP contribution in [0.15, 0.2) is 65.7 Å². The number of amides is 1. The van der Waals surface area contributed by atoms with Crippen molar-refractivity contribution >= 4 is 23.3 Å². The van der Waals surface area contributed by atoms with E-state index in [1.165, 1.54) is 22.5 Å². The summed E-state index contributed by atoms with van der Waals surface area (Å²) in [6.07, 6.45) is 6.76. The van der Waals surface area contributed by atoms with Crippen molar-refractivity contribution in [3.8, 4) is 5.75 Å². The lowest BCUT2D eigenvalue weighted by Crippen LogP contribution is -2.39. The molecule has 36 heavy (non-hydrogen) atoms. The molecule has 3 N–H and O–H groups in total. The summed E-state index contributed by atoms with van der Waals surface area (Å²) in [6, 6.07) is 15.5. The summed E-state index contributed by atoms with van der Waals surface area (Å²) >= 11 is 6.17. The summed E-state index contributed by atoms with van der Waals surface area (Å²) in [6.45, 7) is 2.27. The zero-order chi connectivity index (χ0) is 25.2. The van der Waals surface area contributed by atoms with E-state index in [4.69, 9.17) is 16.3 Å². The zero-order valence-corrected chi connectivity index (χ0v) is 21.0. The fraction of sp³-hybridized carbons (Fsp3) is 0.370. The van der Waals surface area contributed by atoms with Crippen molar-refractivity contribution in [1.29, 1.82) is 0 Å². The molecule has 2 aromatic carbocycles. The van der Waals surface area contributed by atoms with Crippen molar-refractivity contribution < 1.29 is 9.53 Å². The van der Waals surface area contributed by atoms with Gasteiger partial charge in [-0.15, -0.1) is 0 Å². The van der Waals surface area contributed by atoms with Crippen LogP contribution in [0.25, 0.3) is 0 Å². The number of ether oxygens (including phenoxy) is 1. The fourth-order valence-corrected chi connectivity index (χ4v) is 4.35. The van der Waals surface area contributed by atoms with Crippen LogP contribution in [-0.2, 0) is 24.3 Å². The molecule has 0 saturated heterocycles. The third kappa shape index (κ3) is 7.57. The monoisotopic (exact) mass is 509 g/mol. The first-order valence-corrected chi connectivity index (χ1v) is 12.7. The topological polar surface area (TPSA) is 97.3 Å². The Kier molecular flexibility index (Phi) is 9.35. The van der Waals surface area contributed by atoms with Gasteiger partial charge in [0.25, 0.3) is 5.56 Å². The Labute approximate surface area is 216 Å². The lowest BCUT2D eigenvalue weighted by atomic mass is 10.1. The van der Waals surface area contributed by atoms with Crippen LogP contribution in [0.3, 0.4) is 0 Å². The molecule has 1 aliphatic rings. The first kappa shape index (κ1) is 25.7. The van der Waals surface area contributed by atoms with Crippen LogP contribution in [0, 0.1) is 0 Å². The average molecular weight is 510 g/mol. The van der Waals surface area contributed by atoms with Crippen LogP contribution in [0.4, 0.5) is 5.82 Å². The summed E-state index contributed by atoms with van der Waals surface area (Å²) in [4.78, 5) is 30.1. The van der Waals surface area contributed by atoms with E-state index < -0.39 is 0 Å². The van der Waals surface area contributed by atoms with Gasteiger partial charge in [0.15, 0.2) is 5.82 Å². The first-order chi connectivity index (χ1) is 17.6. The van der Waals surface area contributed by atoms with Crippen molar-refractivity contribution in [2.75, 3.05) is 25.0 Å². The largest absolute Gasteiger partial charge is 0.493 e. The second-order valence-electron chi connectivity index (χ2n) is 8.88. The van der Waals surface area contributed by atoms with E-state index in [2.05, 4.69) is 33.1 Å². The minimum atomic E-state index is -0.338. The van der Waals surface area contributed by atoms with Crippen LogP contribution in [0.5, 0.6) is 5.75 Å². The third-order valence-corrected chi connectivity index (χ3v) is 6.27.